The lowest BCUT2D eigenvalue weighted by Crippen LogP contribution is -2.37. The predicted molar refractivity (Wildman–Crippen MR) is 105 cm³/mol. The summed E-state index contributed by atoms with van der Waals surface area (Å²) in [5, 5.41) is 4.14. The van der Waals surface area contributed by atoms with Gasteiger partial charge in [-0.1, -0.05) is 6.07 Å². The van der Waals surface area contributed by atoms with Crippen LogP contribution in [-0.2, 0) is 17.8 Å². The molecule has 0 radical (unpaired) electrons. The second-order valence-electron chi connectivity index (χ2n) is 7.67. The molecule has 0 N–H and O–H groups in total. The largest absolute Gasteiger partial charge is 0.342 e. The Labute approximate surface area is 159 Å². The van der Waals surface area contributed by atoms with E-state index in [0.29, 0.717) is 18.2 Å². The van der Waals surface area contributed by atoms with E-state index in [4.69, 9.17) is 0 Å². The number of piperidine rings is 1. The maximum Gasteiger partial charge on any atom is 0.227 e. The van der Waals surface area contributed by atoms with Gasteiger partial charge in [0.25, 0.3) is 0 Å². The van der Waals surface area contributed by atoms with Crippen molar-refractivity contribution in [2.45, 2.75) is 32.2 Å². The highest BCUT2D eigenvalue weighted by atomic mass is 32.1. The number of aromatic nitrogens is 1. The van der Waals surface area contributed by atoms with Gasteiger partial charge in [-0.25, -0.2) is 0 Å². The summed E-state index contributed by atoms with van der Waals surface area (Å²) in [6, 6.07) is 6.24. The monoisotopic (exact) mass is 369 g/mol. The Balaban J connectivity index is 1.23. The van der Waals surface area contributed by atoms with Crippen LogP contribution in [0.3, 0.4) is 0 Å². The summed E-state index contributed by atoms with van der Waals surface area (Å²) in [4.78, 5) is 21.4. The molecular formula is C21H27N3OS. The average Bonchev–Trinajstić information content (AvgIpc) is 3.35. The molecule has 4 rings (SSSR count). The quantitative estimate of drug-likeness (QED) is 0.810. The van der Waals surface area contributed by atoms with E-state index in [1.54, 1.807) is 11.3 Å². The van der Waals surface area contributed by atoms with Gasteiger partial charge in [-0.15, -0.1) is 0 Å². The third-order valence-corrected chi connectivity index (χ3v) is 6.67. The van der Waals surface area contributed by atoms with Crippen molar-refractivity contribution in [1.29, 1.82) is 0 Å². The highest BCUT2D eigenvalue weighted by Crippen LogP contribution is 2.32. The van der Waals surface area contributed by atoms with E-state index in [2.05, 4.69) is 37.7 Å². The molecule has 1 unspecified atom stereocenters. The number of likely N-dealkylation sites (tertiary alicyclic amines) is 2. The SMILES string of the molecule is O=C(Cc1ccsc1)N1CCC(C2CCN(Cc3cccnc3)CC2)C1. The van der Waals surface area contributed by atoms with Gasteiger partial charge in [-0.05, 0) is 78.2 Å². The molecule has 0 saturated carbocycles. The molecule has 2 aromatic heterocycles. The molecule has 2 aliphatic heterocycles. The third kappa shape index (κ3) is 4.33. The van der Waals surface area contributed by atoms with Crippen LogP contribution in [0.5, 0.6) is 0 Å². The van der Waals surface area contributed by atoms with Crippen LogP contribution in [-0.4, -0.2) is 46.9 Å². The standard InChI is InChI=1S/C21H27N3OS/c25-21(12-17-6-11-26-16-17)24-10-5-20(15-24)19-3-8-23(9-4-19)14-18-2-1-7-22-13-18/h1-2,6-7,11,13,16,19-20H,3-5,8-10,12,14-15H2. The summed E-state index contributed by atoms with van der Waals surface area (Å²) >= 11 is 1.67. The minimum absolute atomic E-state index is 0.305. The van der Waals surface area contributed by atoms with Crippen molar-refractivity contribution in [3.8, 4) is 0 Å². The first kappa shape index (κ1) is 17.7. The van der Waals surface area contributed by atoms with Gasteiger partial charge in [-0.3, -0.25) is 14.7 Å². The highest BCUT2D eigenvalue weighted by Gasteiger charge is 2.33. The Morgan fingerprint density at radius 3 is 2.69 bits per heavy atom. The maximum absolute atomic E-state index is 12.5. The number of thiophene rings is 1. The van der Waals surface area contributed by atoms with Gasteiger partial charge in [0.15, 0.2) is 0 Å². The summed E-state index contributed by atoms with van der Waals surface area (Å²) in [5.74, 6) is 1.78. The van der Waals surface area contributed by atoms with E-state index < -0.39 is 0 Å². The number of hydrogen-bond donors (Lipinski definition) is 0. The zero-order valence-corrected chi connectivity index (χ0v) is 16.0. The van der Waals surface area contributed by atoms with E-state index in [9.17, 15) is 4.79 Å². The second kappa shape index (κ2) is 8.31. The molecule has 4 heterocycles. The topological polar surface area (TPSA) is 36.4 Å². The maximum atomic E-state index is 12.5. The van der Waals surface area contributed by atoms with E-state index in [-0.39, 0.29) is 0 Å². The van der Waals surface area contributed by atoms with Gasteiger partial charge in [0, 0.05) is 32.0 Å². The van der Waals surface area contributed by atoms with Gasteiger partial charge < -0.3 is 4.90 Å². The molecule has 2 aromatic rings. The minimum atomic E-state index is 0.305. The van der Waals surface area contributed by atoms with Gasteiger partial charge in [-0.2, -0.15) is 11.3 Å². The van der Waals surface area contributed by atoms with Gasteiger partial charge >= 0.3 is 0 Å². The molecule has 1 amide bonds. The summed E-state index contributed by atoms with van der Waals surface area (Å²) in [6.45, 7) is 5.26. The molecule has 2 fully saturated rings. The Morgan fingerprint density at radius 1 is 1.12 bits per heavy atom. The Bertz CT molecular complexity index is 695. The number of amides is 1. The van der Waals surface area contributed by atoms with Crippen molar-refractivity contribution in [2.24, 2.45) is 11.8 Å². The Kier molecular flexibility index (Phi) is 5.65. The second-order valence-corrected chi connectivity index (χ2v) is 8.45. The predicted octanol–water partition coefficient (Wildman–Crippen LogP) is 3.45. The van der Waals surface area contributed by atoms with Crippen LogP contribution < -0.4 is 0 Å². The van der Waals surface area contributed by atoms with Crippen molar-refractivity contribution < 1.29 is 4.79 Å². The molecule has 26 heavy (non-hydrogen) atoms. The summed E-state index contributed by atoms with van der Waals surface area (Å²) in [6.07, 6.45) is 8.08. The van der Waals surface area contributed by atoms with Crippen molar-refractivity contribution in [2.75, 3.05) is 26.2 Å². The minimum Gasteiger partial charge on any atom is -0.342 e. The van der Waals surface area contributed by atoms with Crippen LogP contribution in [0.15, 0.2) is 41.4 Å². The van der Waals surface area contributed by atoms with Crippen LogP contribution in [0.2, 0.25) is 0 Å². The molecule has 4 nitrogen and oxygen atoms in total. The zero-order chi connectivity index (χ0) is 17.8. The Morgan fingerprint density at radius 2 is 1.96 bits per heavy atom. The third-order valence-electron chi connectivity index (χ3n) is 5.94. The lowest BCUT2D eigenvalue weighted by molar-refractivity contribution is -0.129. The number of nitrogens with zero attached hydrogens (tertiary/aromatic N) is 3. The van der Waals surface area contributed by atoms with Crippen LogP contribution in [0.4, 0.5) is 0 Å². The number of pyridine rings is 1. The van der Waals surface area contributed by atoms with Crippen LogP contribution in [0.25, 0.3) is 0 Å². The van der Waals surface area contributed by atoms with E-state index in [0.717, 1.165) is 31.1 Å². The fourth-order valence-corrected chi connectivity index (χ4v) is 5.08. The summed E-state index contributed by atoms with van der Waals surface area (Å²) in [5.41, 5.74) is 2.46. The zero-order valence-electron chi connectivity index (χ0n) is 15.2. The molecular weight excluding hydrogens is 342 g/mol. The number of hydrogen-bond acceptors (Lipinski definition) is 4. The van der Waals surface area contributed by atoms with Crippen molar-refractivity contribution in [3.05, 3.63) is 52.5 Å². The lowest BCUT2D eigenvalue weighted by atomic mass is 9.83. The first-order chi connectivity index (χ1) is 12.8. The lowest BCUT2D eigenvalue weighted by Gasteiger charge is -2.34. The normalized spacial score (nSPS) is 22.0. The Hall–Kier alpha value is -1.72. The number of rotatable bonds is 5. The molecule has 0 aromatic carbocycles. The van der Waals surface area contributed by atoms with Gasteiger partial charge in [0.1, 0.15) is 0 Å². The molecule has 0 aliphatic carbocycles. The van der Waals surface area contributed by atoms with Crippen molar-refractivity contribution >= 4 is 17.2 Å². The number of carbonyl (C=O) groups excluding carboxylic acids is 1. The molecule has 0 spiro atoms. The average molecular weight is 370 g/mol. The number of carbonyl (C=O) groups is 1. The van der Waals surface area contributed by atoms with E-state index in [1.165, 1.54) is 37.9 Å². The summed E-state index contributed by atoms with van der Waals surface area (Å²) in [7, 11) is 0. The van der Waals surface area contributed by atoms with E-state index in [1.807, 2.05) is 18.5 Å². The smallest absolute Gasteiger partial charge is 0.227 e. The van der Waals surface area contributed by atoms with Crippen LogP contribution in [0, 0.1) is 11.8 Å². The fourth-order valence-electron chi connectivity index (χ4n) is 4.41. The van der Waals surface area contributed by atoms with E-state index >= 15 is 0 Å². The first-order valence-electron chi connectivity index (χ1n) is 9.68. The molecule has 0 bridgehead atoms. The fraction of sp³-hybridized carbons (Fsp3) is 0.524. The van der Waals surface area contributed by atoms with Gasteiger partial charge in [0.2, 0.25) is 5.91 Å². The van der Waals surface area contributed by atoms with Crippen LogP contribution in [0.1, 0.15) is 30.4 Å². The molecule has 2 aliphatic rings. The molecule has 138 valence electrons. The highest BCUT2D eigenvalue weighted by molar-refractivity contribution is 7.08. The van der Waals surface area contributed by atoms with Crippen molar-refractivity contribution in [3.63, 3.8) is 0 Å². The molecule has 5 heteroatoms. The summed E-state index contributed by atoms with van der Waals surface area (Å²) < 4.78 is 0. The van der Waals surface area contributed by atoms with Crippen LogP contribution >= 0.6 is 11.3 Å². The molecule has 1 atom stereocenters. The first-order valence-corrected chi connectivity index (χ1v) is 10.6. The van der Waals surface area contributed by atoms with Gasteiger partial charge in [0.05, 0.1) is 6.42 Å². The molecule has 2 saturated heterocycles. The van der Waals surface area contributed by atoms with Crippen molar-refractivity contribution in [1.82, 2.24) is 14.8 Å².